The fraction of sp³-hybridized carbons (Fsp3) is 0.263. The highest BCUT2D eigenvalue weighted by Gasteiger charge is 2.39. The minimum atomic E-state index is -4.85. The van der Waals surface area contributed by atoms with E-state index in [2.05, 4.69) is 15.6 Å². The van der Waals surface area contributed by atoms with E-state index in [1.54, 1.807) is 14.0 Å². The Morgan fingerprint density at radius 3 is 2.18 bits per heavy atom. The molecule has 0 atom stereocenters. The standard InChI is InChI=1S/C19H19F3N6O4S/c1-4-32-17(31)12-6-10(8-28(12)3)24-15(29)11-5-9(7-27(11)2)25-16(30)13-14(19(20,21)22)26-18(23)33-13/h5-8H,4H2,1-3H3,(H2,23,26)(H,24,29)(H,25,30). The molecule has 10 nitrogen and oxygen atoms in total. The Hall–Kier alpha value is -3.81. The molecule has 0 aliphatic carbocycles. The molecule has 33 heavy (non-hydrogen) atoms. The minimum absolute atomic E-state index is 0.0908. The first kappa shape index (κ1) is 23.8. The molecule has 0 aliphatic heterocycles. The van der Waals surface area contributed by atoms with Crippen LogP contribution in [0.25, 0.3) is 0 Å². The van der Waals surface area contributed by atoms with Gasteiger partial charge >= 0.3 is 12.1 Å². The monoisotopic (exact) mass is 484 g/mol. The van der Waals surface area contributed by atoms with Crippen molar-refractivity contribution in [3.63, 3.8) is 0 Å². The van der Waals surface area contributed by atoms with Crippen LogP contribution in [-0.2, 0) is 25.0 Å². The summed E-state index contributed by atoms with van der Waals surface area (Å²) in [5.41, 5.74) is 4.71. The number of nitrogens with two attached hydrogens (primary N) is 1. The van der Waals surface area contributed by atoms with Gasteiger partial charge in [-0.15, -0.1) is 0 Å². The maximum Gasteiger partial charge on any atom is 0.435 e. The summed E-state index contributed by atoms with van der Waals surface area (Å²) in [6.45, 7) is 1.87. The predicted molar refractivity (Wildman–Crippen MR) is 114 cm³/mol. The third kappa shape index (κ3) is 5.16. The molecule has 14 heteroatoms. The van der Waals surface area contributed by atoms with Gasteiger partial charge in [0, 0.05) is 26.5 Å². The Balaban J connectivity index is 1.76. The molecule has 0 aromatic carbocycles. The number of nitrogen functional groups attached to an aromatic ring is 1. The van der Waals surface area contributed by atoms with Crippen molar-refractivity contribution in [2.24, 2.45) is 14.1 Å². The number of thiazole rings is 1. The number of amides is 2. The molecule has 0 unspecified atom stereocenters. The van der Waals surface area contributed by atoms with E-state index in [-0.39, 0.29) is 23.7 Å². The normalized spacial score (nSPS) is 11.3. The number of hydrogen-bond acceptors (Lipinski definition) is 7. The van der Waals surface area contributed by atoms with Crippen molar-refractivity contribution in [2.45, 2.75) is 13.1 Å². The van der Waals surface area contributed by atoms with Crippen molar-refractivity contribution in [1.29, 1.82) is 0 Å². The molecule has 0 fully saturated rings. The number of ether oxygens (including phenoxy) is 1. The van der Waals surface area contributed by atoms with E-state index < -0.39 is 39.7 Å². The molecule has 2 amide bonds. The number of esters is 1. The number of carbonyl (C=O) groups is 3. The number of hydrogen-bond donors (Lipinski definition) is 3. The molecule has 0 saturated carbocycles. The van der Waals surface area contributed by atoms with E-state index in [0.29, 0.717) is 17.0 Å². The van der Waals surface area contributed by atoms with E-state index in [1.165, 1.54) is 40.7 Å². The molecule has 0 radical (unpaired) electrons. The lowest BCUT2D eigenvalue weighted by molar-refractivity contribution is -0.140. The zero-order valence-electron chi connectivity index (χ0n) is 17.6. The van der Waals surface area contributed by atoms with Crippen LogP contribution in [0.4, 0.5) is 29.7 Å². The predicted octanol–water partition coefficient (Wildman–Crippen LogP) is 3.10. The highest BCUT2D eigenvalue weighted by Crippen LogP contribution is 2.35. The van der Waals surface area contributed by atoms with Crippen molar-refractivity contribution in [3.8, 4) is 0 Å². The van der Waals surface area contributed by atoms with Crippen LogP contribution in [0.1, 0.15) is 43.3 Å². The Morgan fingerprint density at radius 1 is 1.06 bits per heavy atom. The summed E-state index contributed by atoms with van der Waals surface area (Å²) in [6, 6.07) is 2.73. The minimum Gasteiger partial charge on any atom is -0.461 e. The van der Waals surface area contributed by atoms with E-state index in [9.17, 15) is 27.6 Å². The number of aromatic nitrogens is 3. The van der Waals surface area contributed by atoms with E-state index in [1.807, 2.05) is 0 Å². The lowest BCUT2D eigenvalue weighted by Gasteiger charge is -2.05. The second kappa shape index (κ2) is 8.97. The van der Waals surface area contributed by atoms with Crippen molar-refractivity contribution in [2.75, 3.05) is 23.0 Å². The molecule has 3 aromatic rings. The summed E-state index contributed by atoms with van der Waals surface area (Å²) < 4.78 is 47.1. The average Bonchev–Trinajstić information content (AvgIpc) is 3.38. The van der Waals surface area contributed by atoms with Crippen molar-refractivity contribution in [3.05, 3.63) is 46.5 Å². The molecule has 3 aromatic heterocycles. The van der Waals surface area contributed by atoms with Crippen LogP contribution in [0.2, 0.25) is 0 Å². The number of nitrogens with one attached hydrogen (secondary N) is 2. The van der Waals surface area contributed by atoms with E-state index in [4.69, 9.17) is 10.5 Å². The Kier molecular flexibility index (Phi) is 6.48. The lowest BCUT2D eigenvalue weighted by atomic mass is 10.3. The largest absolute Gasteiger partial charge is 0.461 e. The molecule has 3 rings (SSSR count). The summed E-state index contributed by atoms with van der Waals surface area (Å²) in [4.78, 5) is 39.5. The topological polar surface area (TPSA) is 133 Å². The number of nitrogens with zero attached hydrogens (tertiary/aromatic N) is 3. The van der Waals surface area contributed by atoms with Crippen LogP contribution in [0.15, 0.2) is 24.5 Å². The van der Waals surface area contributed by atoms with Crippen LogP contribution in [0, 0.1) is 0 Å². The molecular formula is C19H19F3N6O4S. The van der Waals surface area contributed by atoms with Gasteiger partial charge in [-0.25, -0.2) is 9.78 Å². The molecule has 3 heterocycles. The number of alkyl halides is 3. The fourth-order valence-corrected chi connectivity index (χ4v) is 3.71. The van der Waals surface area contributed by atoms with Crippen molar-refractivity contribution in [1.82, 2.24) is 14.1 Å². The van der Waals surface area contributed by atoms with Gasteiger partial charge in [0.05, 0.1) is 18.0 Å². The Morgan fingerprint density at radius 2 is 1.61 bits per heavy atom. The first-order chi connectivity index (χ1) is 15.4. The van der Waals surface area contributed by atoms with Crippen LogP contribution in [0.5, 0.6) is 0 Å². The summed E-state index contributed by atoms with van der Waals surface area (Å²) in [7, 11) is 3.13. The second-order valence-corrected chi connectivity index (χ2v) is 7.84. The fourth-order valence-electron chi connectivity index (χ4n) is 2.97. The summed E-state index contributed by atoms with van der Waals surface area (Å²) in [5.74, 6) is -2.18. The Labute approximate surface area is 189 Å². The SMILES string of the molecule is CCOC(=O)c1cc(NC(=O)c2cc(NC(=O)c3sc(N)nc3C(F)(F)F)cn2C)cn1C. The van der Waals surface area contributed by atoms with Crippen LogP contribution < -0.4 is 16.4 Å². The zero-order chi connectivity index (χ0) is 24.5. The molecule has 4 N–H and O–H groups in total. The Bertz CT molecular complexity index is 1230. The summed E-state index contributed by atoms with van der Waals surface area (Å²) in [6.07, 6.45) is -1.97. The van der Waals surface area contributed by atoms with Gasteiger partial charge in [-0.3, -0.25) is 9.59 Å². The molecule has 0 bridgehead atoms. The van der Waals surface area contributed by atoms with Crippen LogP contribution in [0.3, 0.4) is 0 Å². The number of anilines is 3. The third-order valence-electron chi connectivity index (χ3n) is 4.36. The second-order valence-electron chi connectivity index (χ2n) is 6.81. The number of carbonyl (C=O) groups excluding carboxylic acids is 3. The zero-order valence-corrected chi connectivity index (χ0v) is 18.4. The molecule has 176 valence electrons. The number of rotatable bonds is 6. The van der Waals surface area contributed by atoms with Gasteiger partial charge in [-0.1, -0.05) is 11.3 Å². The quantitative estimate of drug-likeness (QED) is 0.461. The van der Waals surface area contributed by atoms with E-state index >= 15 is 0 Å². The van der Waals surface area contributed by atoms with Crippen molar-refractivity contribution < 1.29 is 32.3 Å². The molecule has 0 spiro atoms. The van der Waals surface area contributed by atoms with Gasteiger partial charge in [0.1, 0.15) is 16.3 Å². The lowest BCUT2D eigenvalue weighted by Crippen LogP contribution is -2.17. The van der Waals surface area contributed by atoms with Gasteiger partial charge in [0.2, 0.25) is 0 Å². The first-order valence-electron chi connectivity index (χ1n) is 9.36. The summed E-state index contributed by atoms with van der Waals surface area (Å²) in [5, 5.41) is 4.53. The number of aryl methyl sites for hydroxylation is 2. The maximum atomic E-state index is 13.1. The van der Waals surface area contributed by atoms with Crippen LogP contribution in [-0.4, -0.2) is 38.5 Å². The van der Waals surface area contributed by atoms with Gasteiger partial charge in [-0.05, 0) is 19.1 Å². The maximum absolute atomic E-state index is 13.1. The van der Waals surface area contributed by atoms with Gasteiger partial charge < -0.3 is 30.2 Å². The molecular weight excluding hydrogens is 465 g/mol. The van der Waals surface area contributed by atoms with E-state index in [0.717, 1.165) is 0 Å². The van der Waals surface area contributed by atoms with Gasteiger partial charge in [0.15, 0.2) is 10.8 Å². The molecule has 0 aliphatic rings. The number of halogens is 3. The van der Waals surface area contributed by atoms with Crippen molar-refractivity contribution >= 4 is 45.6 Å². The molecule has 0 saturated heterocycles. The third-order valence-corrected chi connectivity index (χ3v) is 5.24. The summed E-state index contributed by atoms with van der Waals surface area (Å²) >= 11 is 0.405. The van der Waals surface area contributed by atoms with Crippen LogP contribution >= 0.6 is 11.3 Å². The smallest absolute Gasteiger partial charge is 0.435 e. The first-order valence-corrected chi connectivity index (χ1v) is 10.2. The average molecular weight is 484 g/mol. The van der Waals surface area contributed by atoms with Gasteiger partial charge in [-0.2, -0.15) is 13.2 Å². The van der Waals surface area contributed by atoms with Gasteiger partial charge in [0.25, 0.3) is 11.8 Å². The highest BCUT2D eigenvalue weighted by atomic mass is 32.1. The highest BCUT2D eigenvalue weighted by molar-refractivity contribution is 7.17.